The van der Waals surface area contributed by atoms with E-state index in [0.717, 1.165) is 50.7 Å². The molecule has 0 saturated carbocycles. The van der Waals surface area contributed by atoms with Gasteiger partial charge in [0, 0.05) is 26.2 Å². The molecule has 1 aromatic carbocycles. The molecule has 1 aliphatic heterocycles. The topological polar surface area (TPSA) is 59.3 Å². The molecule has 1 saturated heterocycles. The van der Waals surface area contributed by atoms with E-state index in [-0.39, 0.29) is 24.0 Å². The van der Waals surface area contributed by atoms with Crippen molar-refractivity contribution in [2.45, 2.75) is 45.7 Å². The molecule has 0 aliphatic carbocycles. The summed E-state index contributed by atoms with van der Waals surface area (Å²) in [7, 11) is 1.70. The maximum absolute atomic E-state index is 5.34. The molecule has 0 bridgehead atoms. The van der Waals surface area contributed by atoms with Crippen molar-refractivity contribution in [3.63, 3.8) is 0 Å². The highest BCUT2D eigenvalue weighted by atomic mass is 35.5. The highest BCUT2D eigenvalue weighted by Crippen LogP contribution is 2.32. The second-order valence-electron chi connectivity index (χ2n) is 7.76. The number of ether oxygens (including phenoxy) is 1. The number of nitrogens with zero attached hydrogens (tertiary/aromatic N) is 6. The van der Waals surface area contributed by atoms with E-state index in [9.17, 15) is 0 Å². The lowest BCUT2D eigenvalue weighted by molar-refractivity contribution is 0.105. The van der Waals surface area contributed by atoms with Crippen LogP contribution in [-0.4, -0.2) is 69.8 Å². The zero-order valence-corrected chi connectivity index (χ0v) is 18.4. The number of hydrogen-bond acceptors (Lipinski definition) is 6. The molecule has 8 heteroatoms. The molecule has 7 nitrogen and oxygen atoms in total. The van der Waals surface area contributed by atoms with E-state index in [1.165, 1.54) is 5.56 Å². The van der Waals surface area contributed by atoms with Crippen LogP contribution in [0, 0.1) is 0 Å². The van der Waals surface area contributed by atoms with Crippen LogP contribution >= 0.6 is 12.4 Å². The van der Waals surface area contributed by atoms with Crippen LogP contribution < -0.4 is 4.74 Å². The van der Waals surface area contributed by atoms with Gasteiger partial charge in [-0.2, -0.15) is 0 Å². The van der Waals surface area contributed by atoms with E-state index < -0.39 is 0 Å². The fourth-order valence-corrected chi connectivity index (χ4v) is 3.59. The van der Waals surface area contributed by atoms with Gasteiger partial charge in [-0.3, -0.25) is 4.90 Å². The lowest BCUT2D eigenvalue weighted by Crippen LogP contribution is -2.48. The van der Waals surface area contributed by atoms with Crippen LogP contribution in [-0.2, 0) is 5.54 Å². The Labute approximate surface area is 174 Å². The van der Waals surface area contributed by atoms with Crippen molar-refractivity contribution < 1.29 is 4.74 Å². The minimum absolute atomic E-state index is 0. The molecule has 3 rings (SSSR count). The first-order valence-electron chi connectivity index (χ1n) is 9.89. The maximum Gasteiger partial charge on any atom is 0.173 e. The van der Waals surface area contributed by atoms with Crippen LogP contribution in [0.25, 0.3) is 0 Å². The predicted octanol–water partition coefficient (Wildman–Crippen LogP) is 2.98. The van der Waals surface area contributed by atoms with Crippen molar-refractivity contribution in [1.82, 2.24) is 30.0 Å². The highest BCUT2D eigenvalue weighted by molar-refractivity contribution is 5.85. The van der Waals surface area contributed by atoms with Crippen molar-refractivity contribution in [1.29, 1.82) is 0 Å². The lowest BCUT2D eigenvalue weighted by atomic mass is 9.99. The van der Waals surface area contributed by atoms with Gasteiger partial charge in [0.1, 0.15) is 5.75 Å². The van der Waals surface area contributed by atoms with Gasteiger partial charge in [0.2, 0.25) is 0 Å². The molecule has 1 atom stereocenters. The molecule has 1 fully saturated rings. The number of benzene rings is 1. The molecule has 0 amide bonds. The van der Waals surface area contributed by atoms with Gasteiger partial charge < -0.3 is 9.64 Å². The van der Waals surface area contributed by atoms with Crippen LogP contribution in [0.3, 0.4) is 0 Å². The molecule has 2 aromatic rings. The van der Waals surface area contributed by atoms with Gasteiger partial charge in [0.25, 0.3) is 0 Å². The summed E-state index contributed by atoms with van der Waals surface area (Å²) in [5.41, 5.74) is 1.07. The van der Waals surface area contributed by atoms with E-state index in [4.69, 9.17) is 4.74 Å². The Bertz CT molecular complexity index is 725. The highest BCUT2D eigenvalue weighted by Gasteiger charge is 2.33. The SMILES string of the molecule is CCN1CCN(C(c2ccc(OC)cc2)c2nnnn2C(C)(C)CC)CC1.Cl. The zero-order valence-electron chi connectivity index (χ0n) is 17.6. The number of likely N-dealkylation sites (N-methyl/N-ethyl adjacent to an activating group) is 1. The van der Waals surface area contributed by atoms with E-state index in [1.54, 1.807) is 7.11 Å². The largest absolute Gasteiger partial charge is 0.497 e. The zero-order chi connectivity index (χ0) is 19.4. The number of piperazine rings is 1. The predicted molar refractivity (Wildman–Crippen MR) is 113 cm³/mol. The quantitative estimate of drug-likeness (QED) is 0.701. The molecular formula is C20H33ClN6O. The number of aromatic nitrogens is 4. The first-order chi connectivity index (χ1) is 13.0. The number of tetrazole rings is 1. The van der Waals surface area contributed by atoms with Crippen LogP contribution in [0.2, 0.25) is 0 Å². The molecule has 1 aromatic heterocycles. The first kappa shape index (κ1) is 22.6. The molecular weight excluding hydrogens is 376 g/mol. The standard InChI is InChI=1S/C20H32N6O.ClH/c1-6-20(3,4)26-19(21-22-23-26)18(16-8-10-17(27-5)11-9-16)25-14-12-24(7-2)13-15-25;/h8-11,18H,6-7,12-15H2,1-5H3;1H. The minimum atomic E-state index is -0.130. The van der Waals surface area contributed by atoms with Gasteiger partial charge >= 0.3 is 0 Å². The summed E-state index contributed by atoms with van der Waals surface area (Å²) >= 11 is 0. The molecule has 0 spiro atoms. The lowest BCUT2D eigenvalue weighted by Gasteiger charge is -2.39. The van der Waals surface area contributed by atoms with Gasteiger partial charge in [0.05, 0.1) is 18.7 Å². The number of hydrogen-bond donors (Lipinski definition) is 0. The molecule has 28 heavy (non-hydrogen) atoms. The van der Waals surface area contributed by atoms with Crippen molar-refractivity contribution in [2.75, 3.05) is 39.8 Å². The normalized spacial score (nSPS) is 17.2. The summed E-state index contributed by atoms with van der Waals surface area (Å²) in [4.78, 5) is 4.99. The molecule has 0 radical (unpaired) electrons. The average Bonchev–Trinajstić information content (AvgIpc) is 3.19. The smallest absolute Gasteiger partial charge is 0.173 e. The Kier molecular flexibility index (Phi) is 7.80. The van der Waals surface area contributed by atoms with Crippen molar-refractivity contribution in [3.05, 3.63) is 35.7 Å². The summed E-state index contributed by atoms with van der Waals surface area (Å²) in [6, 6.07) is 8.34. The van der Waals surface area contributed by atoms with Crippen LogP contribution in [0.4, 0.5) is 0 Å². The van der Waals surface area contributed by atoms with E-state index in [0.29, 0.717) is 0 Å². The third-order valence-corrected chi connectivity index (χ3v) is 5.83. The Morgan fingerprint density at radius 1 is 1.07 bits per heavy atom. The van der Waals surface area contributed by atoms with Crippen LogP contribution in [0.1, 0.15) is 51.5 Å². The number of rotatable bonds is 7. The Morgan fingerprint density at radius 2 is 1.71 bits per heavy atom. The Hall–Kier alpha value is -1.70. The minimum Gasteiger partial charge on any atom is -0.497 e. The third-order valence-electron chi connectivity index (χ3n) is 5.83. The van der Waals surface area contributed by atoms with E-state index in [1.807, 2.05) is 16.8 Å². The second kappa shape index (κ2) is 9.67. The van der Waals surface area contributed by atoms with Crippen LogP contribution in [0.5, 0.6) is 5.75 Å². The monoisotopic (exact) mass is 408 g/mol. The van der Waals surface area contributed by atoms with Gasteiger partial charge in [-0.15, -0.1) is 17.5 Å². The van der Waals surface area contributed by atoms with Crippen molar-refractivity contribution >= 4 is 12.4 Å². The van der Waals surface area contributed by atoms with Gasteiger partial charge in [-0.25, -0.2) is 4.68 Å². The maximum atomic E-state index is 5.34. The Morgan fingerprint density at radius 3 is 2.25 bits per heavy atom. The fourth-order valence-electron chi connectivity index (χ4n) is 3.59. The van der Waals surface area contributed by atoms with Crippen molar-refractivity contribution in [2.24, 2.45) is 0 Å². The summed E-state index contributed by atoms with van der Waals surface area (Å²) in [6.45, 7) is 14.0. The molecule has 2 heterocycles. The molecule has 0 N–H and O–H groups in total. The number of halogens is 1. The second-order valence-corrected chi connectivity index (χ2v) is 7.76. The van der Waals surface area contributed by atoms with Gasteiger partial charge in [-0.1, -0.05) is 26.0 Å². The number of methoxy groups -OCH3 is 1. The van der Waals surface area contributed by atoms with E-state index >= 15 is 0 Å². The van der Waals surface area contributed by atoms with E-state index in [2.05, 4.69) is 65.2 Å². The fraction of sp³-hybridized carbons (Fsp3) is 0.650. The first-order valence-corrected chi connectivity index (χ1v) is 9.89. The van der Waals surface area contributed by atoms with Crippen molar-refractivity contribution in [3.8, 4) is 5.75 Å². The third kappa shape index (κ3) is 4.64. The summed E-state index contributed by atoms with van der Waals surface area (Å²) in [5.74, 6) is 1.78. The van der Waals surface area contributed by atoms with Gasteiger partial charge in [-0.05, 0) is 54.9 Å². The van der Waals surface area contributed by atoms with Gasteiger partial charge in [0.15, 0.2) is 5.82 Å². The summed E-state index contributed by atoms with van der Waals surface area (Å²) in [6.07, 6.45) is 0.962. The van der Waals surface area contributed by atoms with Crippen LogP contribution in [0.15, 0.2) is 24.3 Å². The molecule has 1 aliphatic rings. The molecule has 156 valence electrons. The molecule has 1 unspecified atom stereocenters. The Balaban J connectivity index is 0.00000280. The summed E-state index contributed by atoms with van der Waals surface area (Å²) < 4.78 is 7.35. The average molecular weight is 409 g/mol. The summed E-state index contributed by atoms with van der Waals surface area (Å²) in [5, 5.41) is 12.9.